The lowest BCUT2D eigenvalue weighted by atomic mass is 10.0. The van der Waals surface area contributed by atoms with Crippen LogP contribution in [-0.4, -0.2) is 25.0 Å². The molecule has 1 unspecified atom stereocenters. The molecule has 166 valence electrons. The van der Waals surface area contributed by atoms with Gasteiger partial charge in [0.2, 0.25) is 16.9 Å². The Kier molecular flexibility index (Phi) is 6.45. The summed E-state index contributed by atoms with van der Waals surface area (Å²) in [5.41, 5.74) is 3.18. The van der Waals surface area contributed by atoms with Crippen LogP contribution < -0.4 is 10.6 Å². The molecule has 0 aliphatic heterocycles. The van der Waals surface area contributed by atoms with Crippen LogP contribution in [0.25, 0.3) is 11.4 Å². The van der Waals surface area contributed by atoms with Crippen LogP contribution in [0.3, 0.4) is 0 Å². The Labute approximate surface area is 191 Å². The lowest BCUT2D eigenvalue weighted by Crippen LogP contribution is -2.16. The van der Waals surface area contributed by atoms with Crippen molar-refractivity contribution < 1.29 is 9.26 Å². The maximum Gasteiger partial charge on any atom is 0.240 e. The van der Waals surface area contributed by atoms with E-state index in [2.05, 4.69) is 46.3 Å². The molecule has 4 rings (SSSR count). The molecule has 8 nitrogen and oxygen atoms in total. The highest BCUT2D eigenvalue weighted by molar-refractivity contribution is 7.99. The molecule has 9 heteroatoms. The smallest absolute Gasteiger partial charge is 0.240 e. The molecule has 4 aromatic rings. The van der Waals surface area contributed by atoms with Gasteiger partial charge >= 0.3 is 0 Å². The molecule has 0 fully saturated rings. The first-order valence-electron chi connectivity index (χ1n) is 10.4. The van der Waals surface area contributed by atoms with Crippen LogP contribution in [-0.2, 0) is 6.61 Å². The number of hydrogen-bond donors (Lipinski definition) is 1. The van der Waals surface area contributed by atoms with Gasteiger partial charge in [0.25, 0.3) is 0 Å². The van der Waals surface area contributed by atoms with Gasteiger partial charge in [0.05, 0.1) is 5.25 Å². The summed E-state index contributed by atoms with van der Waals surface area (Å²) in [4.78, 5) is 4.50. The van der Waals surface area contributed by atoms with Crippen LogP contribution >= 0.6 is 11.8 Å². The Hall–Kier alpha value is -3.33. The van der Waals surface area contributed by atoms with Gasteiger partial charge in [-0.2, -0.15) is 4.98 Å². The summed E-state index contributed by atoms with van der Waals surface area (Å²) >= 11 is 1.40. The Balaban J connectivity index is 1.44. The highest BCUT2D eigenvalue weighted by Gasteiger charge is 2.21. The molecule has 0 radical (unpaired) electrons. The first-order valence-corrected chi connectivity index (χ1v) is 11.3. The van der Waals surface area contributed by atoms with Crippen molar-refractivity contribution in [1.29, 1.82) is 0 Å². The summed E-state index contributed by atoms with van der Waals surface area (Å²) in [7, 11) is 0. The summed E-state index contributed by atoms with van der Waals surface area (Å²) in [6.07, 6.45) is 0. The van der Waals surface area contributed by atoms with Gasteiger partial charge in [0.15, 0.2) is 5.82 Å². The van der Waals surface area contributed by atoms with E-state index < -0.39 is 0 Å². The summed E-state index contributed by atoms with van der Waals surface area (Å²) in [5, 5.41) is 12.9. The van der Waals surface area contributed by atoms with Crippen LogP contribution in [0.5, 0.6) is 5.75 Å². The van der Waals surface area contributed by atoms with Crippen molar-refractivity contribution in [3.05, 3.63) is 71.4 Å². The molecule has 2 heterocycles. The van der Waals surface area contributed by atoms with Gasteiger partial charge in [0.1, 0.15) is 12.4 Å². The van der Waals surface area contributed by atoms with Crippen LogP contribution in [0.4, 0.5) is 0 Å². The molecule has 0 saturated carbocycles. The molecule has 2 N–H and O–H groups in total. The third-order valence-electron chi connectivity index (χ3n) is 4.99. The first-order chi connectivity index (χ1) is 15.4. The molecule has 0 aliphatic carbocycles. The summed E-state index contributed by atoms with van der Waals surface area (Å²) in [5.74, 6) is 9.01. The molecule has 0 bridgehead atoms. The fourth-order valence-corrected chi connectivity index (χ4v) is 4.00. The fraction of sp³-hybridized carbons (Fsp3) is 0.304. The van der Waals surface area contributed by atoms with E-state index in [9.17, 15) is 0 Å². The highest BCUT2D eigenvalue weighted by Crippen LogP contribution is 2.33. The van der Waals surface area contributed by atoms with Gasteiger partial charge in [-0.25, -0.2) is 4.68 Å². The number of benzene rings is 2. The Bertz CT molecular complexity index is 1190. The van der Waals surface area contributed by atoms with E-state index in [0.717, 1.165) is 22.4 Å². The third kappa shape index (κ3) is 4.77. The van der Waals surface area contributed by atoms with Gasteiger partial charge < -0.3 is 15.1 Å². The van der Waals surface area contributed by atoms with Crippen LogP contribution in [0, 0.1) is 6.92 Å². The molecule has 1 atom stereocenters. The minimum atomic E-state index is -0.149. The van der Waals surface area contributed by atoms with Crippen molar-refractivity contribution in [3.63, 3.8) is 0 Å². The van der Waals surface area contributed by atoms with E-state index in [1.165, 1.54) is 16.4 Å². The number of aryl methyl sites for hydroxylation is 1. The number of aromatic nitrogens is 5. The topological polar surface area (TPSA) is 105 Å². The van der Waals surface area contributed by atoms with Crippen LogP contribution in [0.1, 0.15) is 54.8 Å². The lowest BCUT2D eigenvalue weighted by molar-refractivity contribution is 0.287. The number of ether oxygens (including phenoxy) is 1. The van der Waals surface area contributed by atoms with Crippen molar-refractivity contribution in [1.82, 2.24) is 25.0 Å². The van der Waals surface area contributed by atoms with Crippen molar-refractivity contribution in [2.24, 2.45) is 0 Å². The van der Waals surface area contributed by atoms with Crippen molar-refractivity contribution >= 4 is 11.8 Å². The van der Waals surface area contributed by atoms with Gasteiger partial charge in [-0.05, 0) is 37.0 Å². The second kappa shape index (κ2) is 9.44. The summed E-state index contributed by atoms with van der Waals surface area (Å²) < 4.78 is 12.9. The van der Waals surface area contributed by atoms with Gasteiger partial charge in [-0.3, -0.25) is 0 Å². The Morgan fingerprint density at radius 3 is 2.62 bits per heavy atom. The molecule has 0 saturated heterocycles. The molecular weight excluding hydrogens is 424 g/mol. The van der Waals surface area contributed by atoms with Crippen molar-refractivity contribution in [2.75, 3.05) is 5.84 Å². The van der Waals surface area contributed by atoms with E-state index >= 15 is 0 Å². The number of nitrogens with two attached hydrogens (primary N) is 1. The lowest BCUT2D eigenvalue weighted by Gasteiger charge is -2.14. The third-order valence-corrected chi connectivity index (χ3v) is 6.03. The number of hydrogen-bond acceptors (Lipinski definition) is 8. The molecule has 0 amide bonds. The SMILES string of the molecule is Cc1ccc(C(C)C)c(OCc2nnc(SC(C)c3nc(-c4ccccc4)no3)n2N)c1. The Morgan fingerprint density at radius 1 is 1.09 bits per heavy atom. The Morgan fingerprint density at radius 2 is 1.88 bits per heavy atom. The van der Waals surface area contributed by atoms with E-state index in [0.29, 0.717) is 28.6 Å². The van der Waals surface area contributed by atoms with Gasteiger partial charge in [-0.15, -0.1) is 10.2 Å². The fourth-order valence-electron chi connectivity index (χ4n) is 3.19. The van der Waals surface area contributed by atoms with E-state index in [4.69, 9.17) is 15.1 Å². The van der Waals surface area contributed by atoms with E-state index in [1.54, 1.807) is 0 Å². The predicted octanol–water partition coefficient (Wildman–Crippen LogP) is 4.91. The number of nitrogens with zero attached hydrogens (tertiary/aromatic N) is 5. The van der Waals surface area contributed by atoms with E-state index in [1.807, 2.05) is 50.2 Å². The number of nitrogen functional groups attached to an aromatic ring is 1. The quantitative estimate of drug-likeness (QED) is 0.298. The summed E-state index contributed by atoms with van der Waals surface area (Å²) in [6, 6.07) is 15.9. The predicted molar refractivity (Wildman–Crippen MR) is 124 cm³/mol. The minimum absolute atomic E-state index is 0.149. The zero-order chi connectivity index (χ0) is 22.7. The monoisotopic (exact) mass is 450 g/mol. The van der Waals surface area contributed by atoms with Gasteiger partial charge in [0, 0.05) is 5.56 Å². The van der Waals surface area contributed by atoms with Crippen molar-refractivity contribution in [2.45, 2.75) is 50.6 Å². The van der Waals surface area contributed by atoms with Crippen LogP contribution in [0.2, 0.25) is 0 Å². The molecule has 32 heavy (non-hydrogen) atoms. The normalized spacial score (nSPS) is 12.3. The van der Waals surface area contributed by atoms with Gasteiger partial charge in [-0.1, -0.05) is 73.2 Å². The molecule has 2 aromatic carbocycles. The standard InChI is InChI=1S/C23H26N6O2S/c1-14(2)18-11-10-15(3)12-19(18)30-13-20-26-27-23(29(20)24)32-16(4)22-25-21(28-31-22)17-8-6-5-7-9-17/h5-12,14,16H,13,24H2,1-4H3. The number of thioether (sulfide) groups is 1. The molecule has 2 aromatic heterocycles. The number of rotatable bonds is 8. The molecule has 0 aliphatic rings. The first kappa shape index (κ1) is 21.9. The largest absolute Gasteiger partial charge is 0.485 e. The van der Waals surface area contributed by atoms with E-state index in [-0.39, 0.29) is 11.9 Å². The minimum Gasteiger partial charge on any atom is -0.485 e. The average molecular weight is 451 g/mol. The molecular formula is C23H26N6O2S. The maximum atomic E-state index is 6.24. The maximum absolute atomic E-state index is 6.24. The molecule has 0 spiro atoms. The van der Waals surface area contributed by atoms with Crippen LogP contribution in [0.15, 0.2) is 58.2 Å². The highest BCUT2D eigenvalue weighted by atomic mass is 32.2. The zero-order valence-corrected chi connectivity index (χ0v) is 19.3. The zero-order valence-electron chi connectivity index (χ0n) is 18.5. The second-order valence-corrected chi connectivity index (χ2v) is 9.14. The van der Waals surface area contributed by atoms with Crippen molar-refractivity contribution in [3.8, 4) is 17.1 Å². The second-order valence-electron chi connectivity index (χ2n) is 7.84. The average Bonchev–Trinajstić information content (AvgIpc) is 3.41. The summed E-state index contributed by atoms with van der Waals surface area (Å²) in [6.45, 7) is 8.50.